The molecule has 2 N–H and O–H groups in total. The van der Waals surface area contributed by atoms with Crippen molar-refractivity contribution in [2.75, 3.05) is 26.1 Å². The number of esters is 1. The van der Waals surface area contributed by atoms with Gasteiger partial charge in [-0.1, -0.05) is 0 Å². The molecule has 0 bridgehead atoms. The molecular formula is C12H21N3O3. The molecule has 0 radical (unpaired) electrons. The van der Waals surface area contributed by atoms with E-state index in [1.807, 2.05) is 13.8 Å². The zero-order chi connectivity index (χ0) is 13.9. The van der Waals surface area contributed by atoms with E-state index in [-0.39, 0.29) is 11.2 Å². The van der Waals surface area contributed by atoms with Crippen molar-refractivity contribution in [3.05, 3.63) is 11.5 Å². The number of nitrogens with zero attached hydrogens (tertiary/aromatic N) is 2. The summed E-state index contributed by atoms with van der Waals surface area (Å²) in [6, 6.07) is 0. The Balaban J connectivity index is 3.20. The number of hydrogen-bond donors (Lipinski definition) is 1. The summed E-state index contributed by atoms with van der Waals surface area (Å²) in [5.74, 6) is 0.482. The SMILES string of the molecule is CCOC(=O)c1nc(C)n(C(C)(C)COC)c1N. The lowest BCUT2D eigenvalue weighted by molar-refractivity contribution is 0.0521. The molecular weight excluding hydrogens is 234 g/mol. The standard InChI is InChI=1S/C12H21N3O3/c1-6-18-11(16)9-10(13)15(8(2)14-9)12(3,4)7-17-5/h6-7,13H2,1-5H3. The molecule has 1 aromatic heterocycles. The summed E-state index contributed by atoms with van der Waals surface area (Å²) in [5.41, 5.74) is 5.79. The van der Waals surface area contributed by atoms with Crippen molar-refractivity contribution < 1.29 is 14.3 Å². The van der Waals surface area contributed by atoms with Crippen LogP contribution in [0.3, 0.4) is 0 Å². The molecule has 0 aliphatic carbocycles. The number of ether oxygens (including phenoxy) is 2. The highest BCUT2D eigenvalue weighted by molar-refractivity contribution is 5.92. The number of carbonyl (C=O) groups excluding carboxylic acids is 1. The fraction of sp³-hybridized carbons (Fsp3) is 0.667. The molecule has 102 valence electrons. The van der Waals surface area contributed by atoms with Gasteiger partial charge in [-0.2, -0.15) is 0 Å². The van der Waals surface area contributed by atoms with Crippen LogP contribution < -0.4 is 5.73 Å². The summed E-state index contributed by atoms with van der Waals surface area (Å²) >= 11 is 0. The topological polar surface area (TPSA) is 79.4 Å². The summed E-state index contributed by atoms with van der Waals surface area (Å²) in [7, 11) is 1.62. The Morgan fingerprint density at radius 1 is 1.50 bits per heavy atom. The van der Waals surface area contributed by atoms with Crippen LogP contribution in [0.4, 0.5) is 5.82 Å². The zero-order valence-electron chi connectivity index (χ0n) is 11.6. The second-order valence-corrected chi connectivity index (χ2v) is 4.69. The summed E-state index contributed by atoms with van der Waals surface area (Å²) in [6.07, 6.45) is 0. The Morgan fingerprint density at radius 2 is 2.11 bits per heavy atom. The van der Waals surface area contributed by atoms with Crippen molar-refractivity contribution >= 4 is 11.8 Å². The average molecular weight is 255 g/mol. The number of rotatable bonds is 5. The van der Waals surface area contributed by atoms with E-state index >= 15 is 0 Å². The van der Waals surface area contributed by atoms with Crippen LogP contribution in [0.2, 0.25) is 0 Å². The first-order valence-electron chi connectivity index (χ1n) is 5.86. The lowest BCUT2D eigenvalue weighted by Crippen LogP contribution is -2.33. The molecule has 0 fully saturated rings. The molecule has 18 heavy (non-hydrogen) atoms. The molecule has 6 nitrogen and oxygen atoms in total. The van der Waals surface area contributed by atoms with Gasteiger partial charge < -0.3 is 19.8 Å². The second kappa shape index (κ2) is 5.39. The molecule has 0 aliphatic heterocycles. The van der Waals surface area contributed by atoms with Gasteiger partial charge in [-0.25, -0.2) is 9.78 Å². The van der Waals surface area contributed by atoms with Crippen molar-refractivity contribution in [2.24, 2.45) is 0 Å². The molecule has 0 unspecified atom stereocenters. The van der Waals surface area contributed by atoms with E-state index in [4.69, 9.17) is 15.2 Å². The number of methoxy groups -OCH3 is 1. The molecule has 6 heteroatoms. The van der Waals surface area contributed by atoms with E-state index < -0.39 is 5.97 Å². The van der Waals surface area contributed by atoms with Crippen LogP contribution in [0.15, 0.2) is 0 Å². The molecule has 0 atom stereocenters. The maximum atomic E-state index is 11.7. The quantitative estimate of drug-likeness (QED) is 0.803. The van der Waals surface area contributed by atoms with E-state index in [1.54, 1.807) is 25.5 Å². The number of nitrogen functional groups attached to an aromatic ring is 1. The number of aryl methyl sites for hydroxylation is 1. The van der Waals surface area contributed by atoms with Crippen LogP contribution in [-0.4, -0.2) is 35.8 Å². The van der Waals surface area contributed by atoms with Gasteiger partial charge in [-0.05, 0) is 27.7 Å². The number of imidazole rings is 1. The average Bonchev–Trinajstić information content (AvgIpc) is 2.55. The Bertz CT molecular complexity index is 438. The van der Waals surface area contributed by atoms with Gasteiger partial charge in [-0.15, -0.1) is 0 Å². The maximum absolute atomic E-state index is 11.7. The number of anilines is 1. The first-order chi connectivity index (χ1) is 8.35. The summed E-state index contributed by atoms with van der Waals surface area (Å²) in [6.45, 7) is 8.25. The minimum absolute atomic E-state index is 0.165. The lowest BCUT2D eigenvalue weighted by atomic mass is 10.1. The van der Waals surface area contributed by atoms with Gasteiger partial charge in [0.1, 0.15) is 11.6 Å². The van der Waals surface area contributed by atoms with Crippen LogP contribution >= 0.6 is 0 Å². The highest BCUT2D eigenvalue weighted by atomic mass is 16.5. The Labute approximate surface area is 107 Å². The third-order valence-corrected chi connectivity index (χ3v) is 2.65. The van der Waals surface area contributed by atoms with Crippen LogP contribution in [0.5, 0.6) is 0 Å². The van der Waals surface area contributed by atoms with Crippen LogP contribution in [-0.2, 0) is 15.0 Å². The first kappa shape index (κ1) is 14.5. The molecule has 1 aromatic rings. The van der Waals surface area contributed by atoms with Gasteiger partial charge in [-0.3, -0.25) is 0 Å². The van der Waals surface area contributed by atoms with Gasteiger partial charge in [0, 0.05) is 7.11 Å². The Morgan fingerprint density at radius 3 is 2.61 bits per heavy atom. The highest BCUT2D eigenvalue weighted by Crippen LogP contribution is 2.25. The highest BCUT2D eigenvalue weighted by Gasteiger charge is 2.29. The molecule has 1 heterocycles. The van der Waals surface area contributed by atoms with E-state index in [9.17, 15) is 4.79 Å². The summed E-state index contributed by atoms with van der Waals surface area (Å²) in [5, 5.41) is 0. The zero-order valence-corrected chi connectivity index (χ0v) is 11.6. The van der Waals surface area contributed by atoms with E-state index in [0.29, 0.717) is 24.9 Å². The number of aromatic nitrogens is 2. The largest absolute Gasteiger partial charge is 0.461 e. The van der Waals surface area contributed by atoms with Crippen molar-refractivity contribution in [2.45, 2.75) is 33.2 Å². The van der Waals surface area contributed by atoms with Gasteiger partial charge in [0.05, 0.1) is 18.8 Å². The van der Waals surface area contributed by atoms with Gasteiger partial charge in [0.25, 0.3) is 0 Å². The van der Waals surface area contributed by atoms with Crippen LogP contribution in [0.1, 0.15) is 37.1 Å². The second-order valence-electron chi connectivity index (χ2n) is 4.69. The molecule has 0 amide bonds. The van der Waals surface area contributed by atoms with Crippen molar-refractivity contribution in [1.82, 2.24) is 9.55 Å². The van der Waals surface area contributed by atoms with E-state index in [1.165, 1.54) is 0 Å². The number of carbonyl (C=O) groups is 1. The summed E-state index contributed by atoms with van der Waals surface area (Å²) in [4.78, 5) is 15.9. The molecule has 0 spiro atoms. The minimum Gasteiger partial charge on any atom is -0.461 e. The molecule has 0 aromatic carbocycles. The minimum atomic E-state index is -0.495. The monoisotopic (exact) mass is 255 g/mol. The molecule has 0 saturated heterocycles. The summed E-state index contributed by atoms with van der Waals surface area (Å²) < 4.78 is 11.9. The fourth-order valence-electron chi connectivity index (χ4n) is 2.08. The first-order valence-corrected chi connectivity index (χ1v) is 5.86. The van der Waals surface area contributed by atoms with E-state index in [0.717, 1.165) is 0 Å². The Hall–Kier alpha value is -1.56. The Kier molecular flexibility index (Phi) is 4.34. The smallest absolute Gasteiger partial charge is 0.360 e. The van der Waals surface area contributed by atoms with Gasteiger partial charge in [0.15, 0.2) is 5.69 Å². The number of nitrogens with two attached hydrogens (primary N) is 1. The predicted molar refractivity (Wildman–Crippen MR) is 68.5 cm³/mol. The third-order valence-electron chi connectivity index (χ3n) is 2.65. The third kappa shape index (κ3) is 2.64. The van der Waals surface area contributed by atoms with Crippen molar-refractivity contribution in [1.29, 1.82) is 0 Å². The molecule has 1 rings (SSSR count). The van der Waals surface area contributed by atoms with E-state index in [2.05, 4.69) is 4.98 Å². The van der Waals surface area contributed by atoms with Crippen LogP contribution in [0, 0.1) is 6.92 Å². The molecule has 0 saturated carbocycles. The molecule has 0 aliphatic rings. The van der Waals surface area contributed by atoms with Crippen LogP contribution in [0.25, 0.3) is 0 Å². The number of hydrogen-bond acceptors (Lipinski definition) is 5. The lowest BCUT2D eigenvalue weighted by Gasteiger charge is -2.28. The maximum Gasteiger partial charge on any atom is 0.360 e. The van der Waals surface area contributed by atoms with Crippen molar-refractivity contribution in [3.63, 3.8) is 0 Å². The fourth-order valence-corrected chi connectivity index (χ4v) is 2.08. The normalized spacial score (nSPS) is 11.6. The predicted octanol–water partition coefficient (Wildman–Crippen LogP) is 1.33. The van der Waals surface area contributed by atoms with Gasteiger partial charge in [0.2, 0.25) is 0 Å². The van der Waals surface area contributed by atoms with Crippen molar-refractivity contribution in [3.8, 4) is 0 Å². The van der Waals surface area contributed by atoms with Gasteiger partial charge >= 0.3 is 5.97 Å².